The first-order valence-electron chi connectivity index (χ1n) is 14.6. The molecule has 0 spiro atoms. The van der Waals surface area contributed by atoms with Gasteiger partial charge in [0.1, 0.15) is 35.4 Å². The molecule has 1 fully saturated rings. The maximum absolute atomic E-state index is 14.4. The lowest BCUT2D eigenvalue weighted by molar-refractivity contribution is -0.153. The smallest absolute Gasteiger partial charge is 0.330 e. The van der Waals surface area contributed by atoms with Crippen molar-refractivity contribution in [3.05, 3.63) is 64.3 Å². The van der Waals surface area contributed by atoms with Crippen LogP contribution in [0.3, 0.4) is 0 Å². The molecule has 14 heteroatoms. The summed E-state index contributed by atoms with van der Waals surface area (Å²) in [7, 11) is 0. The van der Waals surface area contributed by atoms with Crippen LogP contribution < -0.4 is 16.0 Å². The quantitative estimate of drug-likeness (QED) is 0.144. The first kappa shape index (κ1) is 34.9. The molecule has 1 aromatic heterocycles. The van der Waals surface area contributed by atoms with E-state index in [0.717, 1.165) is 5.56 Å². The van der Waals surface area contributed by atoms with Crippen LogP contribution in [0.5, 0.6) is 0 Å². The van der Waals surface area contributed by atoms with E-state index in [1.807, 2.05) is 19.9 Å². The van der Waals surface area contributed by atoms with E-state index in [9.17, 15) is 33.9 Å². The first-order valence-corrected chi connectivity index (χ1v) is 14.6. The molecular weight excluding hydrogens is 587 g/mol. The molecular formula is C31H39FN6O7. The molecule has 1 unspecified atom stereocenters. The number of carbonyl (C=O) groups excluding carboxylic acids is 4. The minimum atomic E-state index is -1.76. The third-order valence-electron chi connectivity index (χ3n) is 7.00. The van der Waals surface area contributed by atoms with Crippen LogP contribution in [0, 0.1) is 36.9 Å². The van der Waals surface area contributed by atoms with Crippen molar-refractivity contribution in [3.63, 3.8) is 0 Å². The summed E-state index contributed by atoms with van der Waals surface area (Å²) >= 11 is 0. The predicted octanol–water partition coefficient (Wildman–Crippen LogP) is 1.43. The van der Waals surface area contributed by atoms with Gasteiger partial charge in [0, 0.05) is 37.7 Å². The van der Waals surface area contributed by atoms with Crippen molar-refractivity contribution in [2.45, 2.75) is 71.9 Å². The van der Waals surface area contributed by atoms with Crippen LogP contribution in [0.2, 0.25) is 0 Å². The van der Waals surface area contributed by atoms with Crippen LogP contribution in [0.25, 0.3) is 0 Å². The lowest BCUT2D eigenvalue weighted by Gasteiger charge is -2.24. The summed E-state index contributed by atoms with van der Waals surface area (Å²) in [6.07, 6.45) is -0.586. The zero-order valence-corrected chi connectivity index (χ0v) is 25.9. The Labute approximate surface area is 260 Å². The number of ether oxygens (including phenoxy) is 1. The summed E-state index contributed by atoms with van der Waals surface area (Å²) < 4.78 is 24.8. The predicted molar refractivity (Wildman–Crippen MR) is 159 cm³/mol. The number of amides is 3. The van der Waals surface area contributed by atoms with Gasteiger partial charge in [0.05, 0.1) is 12.6 Å². The highest BCUT2D eigenvalue weighted by molar-refractivity contribution is 5.97. The van der Waals surface area contributed by atoms with Gasteiger partial charge in [0.2, 0.25) is 0 Å². The highest BCUT2D eigenvalue weighted by Gasteiger charge is 2.34. The number of carbonyl (C=O) groups is 4. The molecule has 1 aliphatic heterocycles. The fourth-order valence-electron chi connectivity index (χ4n) is 4.57. The lowest BCUT2D eigenvalue weighted by atomic mass is 10.1. The average Bonchev–Trinajstić information content (AvgIpc) is 3.64. The van der Waals surface area contributed by atoms with Gasteiger partial charge >= 0.3 is 5.97 Å². The van der Waals surface area contributed by atoms with Crippen molar-refractivity contribution >= 4 is 23.7 Å². The zero-order chi connectivity index (χ0) is 33.3. The molecule has 3 amide bonds. The highest BCUT2D eigenvalue weighted by atomic mass is 19.1. The number of likely N-dealkylation sites (tertiary alicyclic amines) is 1. The molecule has 0 saturated carbocycles. The molecule has 13 nitrogen and oxygen atoms in total. The maximum atomic E-state index is 14.4. The van der Waals surface area contributed by atoms with Crippen molar-refractivity contribution in [2.75, 3.05) is 19.6 Å². The van der Waals surface area contributed by atoms with E-state index in [1.165, 1.54) is 24.0 Å². The lowest BCUT2D eigenvalue weighted by Crippen LogP contribution is -2.55. The number of nitrogens with zero attached hydrogens (tertiary/aromatic N) is 3. The van der Waals surface area contributed by atoms with E-state index in [1.54, 1.807) is 32.1 Å². The molecule has 0 radical (unpaired) electrons. The topological polar surface area (TPSA) is 187 Å². The van der Waals surface area contributed by atoms with Crippen LogP contribution >= 0.6 is 0 Å². The summed E-state index contributed by atoms with van der Waals surface area (Å²) in [5.41, 5.74) is 1.05. The molecule has 4 atom stereocenters. The molecule has 4 N–H and O–H groups in total. The molecule has 1 aromatic carbocycles. The van der Waals surface area contributed by atoms with Crippen LogP contribution in [0.4, 0.5) is 4.39 Å². The van der Waals surface area contributed by atoms with E-state index in [4.69, 9.17) is 9.26 Å². The maximum Gasteiger partial charge on any atom is 0.330 e. The molecule has 0 aliphatic carbocycles. The SMILES string of the molecule is Cc1ccc(CNC[C@H](NC(=O)[C@H](O)[C@H](C)NC(=O)c2cc(C)on2)C(=O)OC2CCN(C(=O)C(C#N)=CC(C)C)C2)c(F)c1. The van der Waals surface area contributed by atoms with Crippen molar-refractivity contribution in [3.8, 4) is 6.07 Å². The average molecular weight is 627 g/mol. The van der Waals surface area contributed by atoms with Crippen molar-refractivity contribution in [1.29, 1.82) is 5.26 Å². The summed E-state index contributed by atoms with van der Waals surface area (Å²) in [5.74, 6) is -3.00. The summed E-state index contributed by atoms with van der Waals surface area (Å²) in [6.45, 7) is 8.60. The number of aryl methyl sites for hydroxylation is 2. The van der Waals surface area contributed by atoms with Gasteiger partial charge in [0.15, 0.2) is 11.8 Å². The monoisotopic (exact) mass is 626 g/mol. The van der Waals surface area contributed by atoms with Crippen LogP contribution in [-0.2, 0) is 25.7 Å². The number of aromatic nitrogens is 1. The molecule has 1 aliphatic rings. The second-order valence-corrected chi connectivity index (χ2v) is 11.4. The molecule has 0 bridgehead atoms. The summed E-state index contributed by atoms with van der Waals surface area (Å²) in [5, 5.41) is 31.4. The number of aliphatic hydroxyl groups is 1. The Morgan fingerprint density at radius 3 is 2.58 bits per heavy atom. The minimum absolute atomic E-state index is 0.00328. The Bertz CT molecular complexity index is 1470. The number of halogens is 1. The molecule has 242 valence electrons. The molecule has 2 aromatic rings. The van der Waals surface area contributed by atoms with Crippen molar-refractivity contribution in [1.82, 2.24) is 26.0 Å². The van der Waals surface area contributed by atoms with Gasteiger partial charge in [-0.25, -0.2) is 9.18 Å². The third kappa shape index (κ3) is 9.95. The molecule has 3 rings (SSSR count). The molecule has 2 heterocycles. The number of hydrogen-bond acceptors (Lipinski definition) is 10. The Hall–Kier alpha value is -4.61. The third-order valence-corrected chi connectivity index (χ3v) is 7.00. The number of nitrogens with one attached hydrogen (secondary N) is 3. The van der Waals surface area contributed by atoms with Crippen molar-refractivity contribution < 1.29 is 37.9 Å². The van der Waals surface area contributed by atoms with E-state index in [0.29, 0.717) is 17.7 Å². The number of aliphatic hydroxyl groups excluding tert-OH is 1. The van der Waals surface area contributed by atoms with Gasteiger partial charge in [-0.2, -0.15) is 5.26 Å². The second-order valence-electron chi connectivity index (χ2n) is 11.4. The van der Waals surface area contributed by atoms with E-state index in [2.05, 4.69) is 21.1 Å². The normalized spacial score (nSPS) is 16.9. The van der Waals surface area contributed by atoms with Crippen molar-refractivity contribution in [2.24, 2.45) is 5.92 Å². The van der Waals surface area contributed by atoms with Crippen LogP contribution in [-0.4, -0.2) is 82.8 Å². The number of rotatable bonds is 13. The zero-order valence-electron chi connectivity index (χ0n) is 25.9. The number of esters is 1. The summed E-state index contributed by atoms with van der Waals surface area (Å²) in [6, 6.07) is 5.62. The van der Waals surface area contributed by atoms with Crippen LogP contribution in [0.15, 0.2) is 40.4 Å². The Morgan fingerprint density at radius 2 is 1.96 bits per heavy atom. The summed E-state index contributed by atoms with van der Waals surface area (Å²) in [4.78, 5) is 52.9. The Balaban J connectivity index is 1.66. The standard InChI is InChI=1S/C31H39FN6O7/c1-17(2)10-22(13-33)30(42)38-9-8-23(16-38)44-31(43)26(15-34-14-21-7-6-18(3)11-24(21)32)36-29(41)27(39)20(5)35-28(40)25-12-19(4)45-37-25/h6-7,10-12,17,20,23,26-27,34,39H,8-9,14-16H2,1-5H3,(H,35,40)(H,36,41)/t20-,23?,26-,27+/m0/s1. The molecule has 1 saturated heterocycles. The van der Waals surface area contributed by atoms with Gasteiger partial charge in [-0.3, -0.25) is 14.4 Å². The van der Waals surface area contributed by atoms with E-state index in [-0.39, 0.29) is 43.4 Å². The Morgan fingerprint density at radius 1 is 1.22 bits per heavy atom. The van der Waals surface area contributed by atoms with Gasteiger partial charge in [-0.05, 0) is 38.3 Å². The van der Waals surface area contributed by atoms with Gasteiger partial charge < -0.3 is 35.2 Å². The fraction of sp³-hybridized carbons (Fsp3) is 0.484. The first-order chi connectivity index (χ1) is 21.3. The van der Waals surface area contributed by atoms with Crippen LogP contribution in [0.1, 0.15) is 54.6 Å². The van der Waals surface area contributed by atoms with Gasteiger partial charge in [-0.1, -0.05) is 37.2 Å². The number of nitriles is 1. The highest BCUT2D eigenvalue weighted by Crippen LogP contribution is 2.17. The molecule has 45 heavy (non-hydrogen) atoms. The minimum Gasteiger partial charge on any atom is -0.459 e. The number of allylic oxidation sites excluding steroid dienone is 1. The fourth-order valence-corrected chi connectivity index (χ4v) is 4.57. The Kier molecular flexibility index (Phi) is 12.3. The van der Waals surface area contributed by atoms with E-state index < -0.39 is 53.8 Å². The number of benzene rings is 1. The largest absolute Gasteiger partial charge is 0.459 e. The van der Waals surface area contributed by atoms with Gasteiger partial charge in [-0.15, -0.1) is 0 Å². The van der Waals surface area contributed by atoms with E-state index >= 15 is 0 Å². The van der Waals surface area contributed by atoms with Gasteiger partial charge in [0.25, 0.3) is 17.7 Å². The number of hydrogen-bond donors (Lipinski definition) is 4. The second kappa shape index (κ2) is 15.9.